The SMILES string of the molecule is Cc1c(-c2ccc(C(=O)N3CCC(N4CCN(c5ccc(NSC6CCC(=O)NC6=O)cc5F)CC4)C(F)(F)C3)c(OC(F)(F)F)c2)cn(C)c(=O)c1C. The minimum absolute atomic E-state index is 0.147. The molecular formula is C36H38F6N6O5S. The average Bonchev–Trinajstić information content (AvgIpc) is 3.11. The lowest BCUT2D eigenvalue weighted by Crippen LogP contribution is -2.62. The van der Waals surface area contributed by atoms with Gasteiger partial charge in [-0.25, -0.2) is 13.2 Å². The lowest BCUT2D eigenvalue weighted by atomic mass is 9.96. The number of aromatic nitrogens is 1. The number of likely N-dealkylation sites (tertiary alicyclic amines) is 1. The van der Waals surface area contributed by atoms with Crippen molar-refractivity contribution in [1.29, 1.82) is 0 Å². The van der Waals surface area contributed by atoms with Crippen LogP contribution in [0.1, 0.15) is 40.7 Å². The Morgan fingerprint density at radius 3 is 2.35 bits per heavy atom. The van der Waals surface area contributed by atoms with Gasteiger partial charge in [0, 0.05) is 69.2 Å². The Balaban J connectivity index is 1.09. The highest BCUT2D eigenvalue weighted by Crippen LogP contribution is 2.37. The van der Waals surface area contributed by atoms with Gasteiger partial charge in [-0.15, -0.1) is 13.2 Å². The molecule has 3 amide bonds. The second kappa shape index (κ2) is 15.2. The number of nitrogens with one attached hydrogen (secondary N) is 2. The Labute approximate surface area is 310 Å². The number of piperazine rings is 1. The first-order valence-corrected chi connectivity index (χ1v) is 18.1. The third kappa shape index (κ3) is 8.33. The van der Waals surface area contributed by atoms with E-state index in [0.717, 1.165) is 29.0 Å². The molecule has 11 nitrogen and oxygen atoms in total. The molecule has 2 aromatic carbocycles. The first-order chi connectivity index (χ1) is 25.4. The van der Waals surface area contributed by atoms with Crippen molar-refractivity contribution in [3.63, 3.8) is 0 Å². The Kier molecular flexibility index (Phi) is 11.0. The average molecular weight is 781 g/mol. The summed E-state index contributed by atoms with van der Waals surface area (Å²) in [6, 6.07) is 6.73. The van der Waals surface area contributed by atoms with E-state index in [0.29, 0.717) is 28.8 Å². The van der Waals surface area contributed by atoms with Gasteiger partial charge in [-0.2, -0.15) is 0 Å². The maximum absolute atomic E-state index is 15.8. The van der Waals surface area contributed by atoms with Gasteiger partial charge in [-0.3, -0.25) is 29.4 Å². The molecule has 2 unspecified atom stereocenters. The zero-order valence-corrected chi connectivity index (χ0v) is 30.4. The van der Waals surface area contributed by atoms with Crippen molar-refractivity contribution in [2.45, 2.75) is 56.7 Å². The summed E-state index contributed by atoms with van der Waals surface area (Å²) in [5, 5.41) is 1.75. The molecule has 4 heterocycles. The number of hydrogen-bond acceptors (Lipinski definition) is 9. The zero-order chi connectivity index (χ0) is 39.1. The molecule has 2 atom stereocenters. The second-order valence-electron chi connectivity index (χ2n) is 13.6. The van der Waals surface area contributed by atoms with E-state index in [4.69, 9.17) is 0 Å². The number of pyridine rings is 1. The van der Waals surface area contributed by atoms with Crippen molar-refractivity contribution >= 4 is 41.0 Å². The van der Waals surface area contributed by atoms with E-state index in [2.05, 4.69) is 14.8 Å². The normalized spacial score (nSPS) is 20.8. The molecule has 0 aliphatic carbocycles. The number of nitrogens with zero attached hydrogens (tertiary/aromatic N) is 4. The highest BCUT2D eigenvalue weighted by atomic mass is 32.2. The van der Waals surface area contributed by atoms with Crippen molar-refractivity contribution in [3.05, 3.63) is 75.5 Å². The molecule has 0 bridgehead atoms. The molecule has 3 fully saturated rings. The molecule has 54 heavy (non-hydrogen) atoms. The van der Waals surface area contributed by atoms with Gasteiger partial charge in [-0.1, -0.05) is 6.07 Å². The minimum Gasteiger partial charge on any atom is -0.405 e. The van der Waals surface area contributed by atoms with Crippen molar-refractivity contribution in [2.75, 3.05) is 48.9 Å². The summed E-state index contributed by atoms with van der Waals surface area (Å²) in [5.74, 6) is -6.60. The number of aryl methyl sites for hydroxylation is 1. The first-order valence-electron chi connectivity index (χ1n) is 17.2. The number of piperidine rings is 2. The van der Waals surface area contributed by atoms with Crippen LogP contribution in [0.3, 0.4) is 0 Å². The number of carbonyl (C=O) groups excluding carboxylic acids is 3. The molecule has 3 aliphatic heterocycles. The van der Waals surface area contributed by atoms with E-state index < -0.39 is 59.1 Å². The first kappa shape index (κ1) is 39.0. The number of carbonyl (C=O) groups is 3. The number of amides is 3. The highest BCUT2D eigenvalue weighted by Gasteiger charge is 2.49. The van der Waals surface area contributed by atoms with Gasteiger partial charge in [-0.05, 0) is 80.1 Å². The third-order valence-corrected chi connectivity index (χ3v) is 11.2. The standard InChI is InChI=1S/C36H38F6N6O5S/c1-20-21(2)33(51)45(3)18-25(20)22-4-6-24(28(16-22)53-36(40,41)42)34(52)48-11-10-30(35(38,39)19-48)47-14-12-46(13-15-47)27-7-5-23(17-26(27)37)44-54-29-8-9-31(49)43-32(29)50/h4-7,16-18,29-30,44H,8-15,19H2,1-3H3,(H,43,49,50). The number of hydrogen-bond donors (Lipinski definition) is 2. The van der Waals surface area contributed by atoms with E-state index in [1.54, 1.807) is 35.8 Å². The molecule has 3 saturated heterocycles. The van der Waals surface area contributed by atoms with E-state index in [1.807, 2.05) is 0 Å². The maximum Gasteiger partial charge on any atom is 0.573 e. The van der Waals surface area contributed by atoms with Gasteiger partial charge in [0.25, 0.3) is 17.4 Å². The van der Waals surface area contributed by atoms with Crippen LogP contribution in [0.5, 0.6) is 5.75 Å². The monoisotopic (exact) mass is 780 g/mol. The number of benzene rings is 2. The summed E-state index contributed by atoms with van der Waals surface area (Å²) in [6.45, 7) is 2.88. The van der Waals surface area contributed by atoms with Crippen molar-refractivity contribution in [3.8, 4) is 16.9 Å². The number of halogens is 6. The molecule has 2 N–H and O–H groups in total. The molecule has 3 aliphatic rings. The number of ether oxygens (including phenoxy) is 1. The Morgan fingerprint density at radius 1 is 0.981 bits per heavy atom. The molecule has 0 saturated carbocycles. The van der Waals surface area contributed by atoms with Gasteiger partial charge in [0.15, 0.2) is 0 Å². The van der Waals surface area contributed by atoms with E-state index >= 15 is 13.2 Å². The van der Waals surface area contributed by atoms with Crippen LogP contribution in [0, 0.1) is 19.7 Å². The summed E-state index contributed by atoms with van der Waals surface area (Å²) in [4.78, 5) is 53.4. The summed E-state index contributed by atoms with van der Waals surface area (Å²) in [7, 11) is 1.50. The van der Waals surface area contributed by atoms with Crippen LogP contribution in [-0.2, 0) is 16.6 Å². The van der Waals surface area contributed by atoms with E-state index in [1.165, 1.54) is 29.9 Å². The largest absolute Gasteiger partial charge is 0.573 e. The van der Waals surface area contributed by atoms with Crippen molar-refractivity contribution in [2.24, 2.45) is 7.05 Å². The van der Waals surface area contributed by atoms with Crippen LogP contribution in [0.15, 0.2) is 47.4 Å². The number of imide groups is 1. The Hall–Kier alpha value is -4.71. The second-order valence-corrected chi connectivity index (χ2v) is 14.6. The van der Waals surface area contributed by atoms with Crippen LogP contribution in [0.25, 0.3) is 11.1 Å². The summed E-state index contributed by atoms with van der Waals surface area (Å²) < 4.78 is 95.8. The smallest absolute Gasteiger partial charge is 0.405 e. The topological polar surface area (TPSA) is 116 Å². The maximum atomic E-state index is 15.8. The zero-order valence-electron chi connectivity index (χ0n) is 29.6. The number of alkyl halides is 5. The molecule has 3 aromatic rings. The molecule has 290 valence electrons. The summed E-state index contributed by atoms with van der Waals surface area (Å²) in [5.41, 5.74) is 1.47. The highest BCUT2D eigenvalue weighted by molar-refractivity contribution is 8.01. The van der Waals surface area contributed by atoms with Gasteiger partial charge in [0.05, 0.1) is 23.8 Å². The molecule has 18 heteroatoms. The predicted molar refractivity (Wildman–Crippen MR) is 190 cm³/mol. The van der Waals surface area contributed by atoms with Gasteiger partial charge in [0.1, 0.15) is 16.8 Å². The minimum atomic E-state index is -5.18. The van der Waals surface area contributed by atoms with Gasteiger partial charge >= 0.3 is 6.36 Å². The third-order valence-electron chi connectivity index (χ3n) is 10.1. The van der Waals surface area contributed by atoms with Crippen LogP contribution in [0.2, 0.25) is 0 Å². The number of anilines is 2. The van der Waals surface area contributed by atoms with E-state index in [-0.39, 0.29) is 68.3 Å². The lowest BCUT2D eigenvalue weighted by molar-refractivity contribution is -0.274. The lowest BCUT2D eigenvalue weighted by Gasteiger charge is -2.46. The summed E-state index contributed by atoms with van der Waals surface area (Å²) >= 11 is 1.07. The molecular weight excluding hydrogens is 742 g/mol. The molecule has 1 aromatic heterocycles. The molecule has 6 rings (SSSR count). The Morgan fingerprint density at radius 2 is 1.70 bits per heavy atom. The number of rotatable bonds is 8. The Bertz CT molecular complexity index is 2020. The fourth-order valence-corrected chi connectivity index (χ4v) is 7.90. The van der Waals surface area contributed by atoms with Crippen LogP contribution in [0.4, 0.5) is 37.7 Å². The van der Waals surface area contributed by atoms with E-state index in [9.17, 15) is 32.3 Å². The van der Waals surface area contributed by atoms with Crippen molar-refractivity contribution in [1.82, 2.24) is 19.7 Å². The van der Waals surface area contributed by atoms with Gasteiger partial charge in [0.2, 0.25) is 11.8 Å². The summed E-state index contributed by atoms with van der Waals surface area (Å²) in [6.07, 6.45) is -3.30. The predicted octanol–water partition coefficient (Wildman–Crippen LogP) is 5.24. The fraction of sp³-hybridized carbons (Fsp3) is 0.444. The van der Waals surface area contributed by atoms with Crippen LogP contribution >= 0.6 is 11.9 Å². The van der Waals surface area contributed by atoms with Crippen LogP contribution < -0.4 is 25.2 Å². The quantitative estimate of drug-likeness (QED) is 0.180. The van der Waals surface area contributed by atoms with Crippen LogP contribution in [-0.4, -0.2) is 94.9 Å². The molecule has 0 spiro atoms. The fourth-order valence-electron chi connectivity index (χ4n) is 7.09. The van der Waals surface area contributed by atoms with Crippen molar-refractivity contribution < 1.29 is 45.5 Å². The van der Waals surface area contributed by atoms with Gasteiger partial charge < -0.3 is 23.8 Å². The molecule has 0 radical (unpaired) electrons.